The van der Waals surface area contributed by atoms with Gasteiger partial charge in [-0.2, -0.15) is 0 Å². The van der Waals surface area contributed by atoms with Crippen LogP contribution in [0.15, 0.2) is 12.1 Å². The van der Waals surface area contributed by atoms with Crippen LogP contribution in [0.1, 0.15) is 30.4 Å². The Morgan fingerprint density at radius 2 is 2.37 bits per heavy atom. The number of nitrogens with two attached hydrogens (primary N) is 1. The molecule has 1 aromatic rings. The number of amides is 1. The van der Waals surface area contributed by atoms with Gasteiger partial charge in [0.1, 0.15) is 0 Å². The molecule has 1 unspecified atom stereocenters. The maximum absolute atomic E-state index is 12.4. The Kier molecular flexibility index (Phi) is 3.19. The highest BCUT2D eigenvalue weighted by atomic mass is 16.5. The third-order valence-electron chi connectivity index (χ3n) is 4.09. The first kappa shape index (κ1) is 12.5. The number of carbonyl (C=O) groups is 1. The first-order chi connectivity index (χ1) is 9.15. The lowest BCUT2D eigenvalue weighted by molar-refractivity contribution is -0.120. The molecular weight excluding hydrogens is 240 g/mol. The molecule has 0 radical (unpaired) electrons. The molecular formula is C15H20N2O2. The van der Waals surface area contributed by atoms with E-state index in [9.17, 15) is 4.79 Å². The van der Waals surface area contributed by atoms with Crippen LogP contribution in [0.3, 0.4) is 0 Å². The Bertz CT molecular complexity index is 507. The van der Waals surface area contributed by atoms with E-state index in [4.69, 9.17) is 10.5 Å². The largest absolute Gasteiger partial charge is 0.398 e. The van der Waals surface area contributed by atoms with Gasteiger partial charge in [0.05, 0.1) is 12.5 Å². The number of nitrogen functional groups attached to an aromatic ring is 1. The van der Waals surface area contributed by atoms with E-state index in [-0.39, 0.29) is 12.0 Å². The summed E-state index contributed by atoms with van der Waals surface area (Å²) in [6, 6.07) is 4.04. The number of anilines is 2. The lowest BCUT2D eigenvalue weighted by Crippen LogP contribution is -2.31. The predicted octanol–water partition coefficient (Wildman–Crippen LogP) is 2.04. The molecule has 1 amide bonds. The molecule has 0 aliphatic carbocycles. The van der Waals surface area contributed by atoms with E-state index in [2.05, 4.69) is 6.07 Å². The van der Waals surface area contributed by atoms with Crippen molar-refractivity contribution in [2.24, 2.45) is 0 Å². The number of hydrogen-bond acceptors (Lipinski definition) is 3. The monoisotopic (exact) mass is 260 g/mol. The highest BCUT2D eigenvalue weighted by Crippen LogP contribution is 2.33. The van der Waals surface area contributed by atoms with Crippen LogP contribution in [0.4, 0.5) is 11.4 Å². The lowest BCUT2D eigenvalue weighted by Gasteiger charge is -2.20. The Morgan fingerprint density at radius 3 is 3.11 bits per heavy atom. The standard InChI is InChI=1S/C15H20N2O2/c1-10-7-11-4-5-17(14(11)9-13(10)16)15(18)8-12-3-2-6-19-12/h7,9,12H,2-6,8,16H2,1H3. The van der Waals surface area contributed by atoms with E-state index in [0.717, 1.165) is 49.4 Å². The maximum atomic E-state index is 12.4. The summed E-state index contributed by atoms with van der Waals surface area (Å²) in [5, 5.41) is 0. The van der Waals surface area contributed by atoms with Crippen LogP contribution in [0.25, 0.3) is 0 Å². The summed E-state index contributed by atoms with van der Waals surface area (Å²) in [6.45, 7) is 3.57. The van der Waals surface area contributed by atoms with Crippen LogP contribution in [0, 0.1) is 6.92 Å². The number of carbonyl (C=O) groups excluding carboxylic acids is 1. The van der Waals surface area contributed by atoms with Crippen LogP contribution in [-0.4, -0.2) is 25.2 Å². The molecule has 0 spiro atoms. The molecule has 2 aliphatic heterocycles. The van der Waals surface area contributed by atoms with Gasteiger partial charge in [0.15, 0.2) is 0 Å². The zero-order chi connectivity index (χ0) is 13.4. The van der Waals surface area contributed by atoms with Crippen molar-refractivity contribution in [1.82, 2.24) is 0 Å². The molecule has 3 rings (SSSR count). The Balaban J connectivity index is 1.77. The zero-order valence-corrected chi connectivity index (χ0v) is 11.3. The van der Waals surface area contributed by atoms with Crippen molar-refractivity contribution in [3.8, 4) is 0 Å². The van der Waals surface area contributed by atoms with Gasteiger partial charge in [-0.05, 0) is 43.4 Å². The van der Waals surface area contributed by atoms with Crippen LogP contribution >= 0.6 is 0 Å². The van der Waals surface area contributed by atoms with Gasteiger partial charge in [-0.1, -0.05) is 6.07 Å². The number of rotatable bonds is 2. The number of fused-ring (bicyclic) bond motifs is 1. The first-order valence-corrected chi connectivity index (χ1v) is 6.96. The van der Waals surface area contributed by atoms with Gasteiger partial charge in [-0.3, -0.25) is 4.79 Å². The number of aryl methyl sites for hydroxylation is 1. The lowest BCUT2D eigenvalue weighted by atomic mass is 10.1. The van der Waals surface area contributed by atoms with E-state index >= 15 is 0 Å². The van der Waals surface area contributed by atoms with Gasteiger partial charge >= 0.3 is 0 Å². The van der Waals surface area contributed by atoms with E-state index in [1.54, 1.807) is 0 Å². The van der Waals surface area contributed by atoms with Crippen LogP contribution in [-0.2, 0) is 16.0 Å². The quantitative estimate of drug-likeness (QED) is 0.828. The summed E-state index contributed by atoms with van der Waals surface area (Å²) in [5.74, 6) is 0.161. The van der Waals surface area contributed by atoms with Crippen molar-refractivity contribution in [2.75, 3.05) is 23.8 Å². The van der Waals surface area contributed by atoms with E-state index in [1.807, 2.05) is 17.9 Å². The third-order valence-corrected chi connectivity index (χ3v) is 4.09. The fourth-order valence-electron chi connectivity index (χ4n) is 2.95. The molecule has 0 bridgehead atoms. The second-order valence-corrected chi connectivity index (χ2v) is 5.47. The molecule has 2 heterocycles. The molecule has 2 N–H and O–H groups in total. The maximum Gasteiger partial charge on any atom is 0.229 e. The van der Waals surface area contributed by atoms with Crippen LogP contribution in [0.2, 0.25) is 0 Å². The molecule has 1 atom stereocenters. The van der Waals surface area contributed by atoms with Crippen molar-refractivity contribution in [1.29, 1.82) is 0 Å². The van der Waals surface area contributed by atoms with Gasteiger partial charge in [0.2, 0.25) is 5.91 Å². The molecule has 4 heteroatoms. The second kappa shape index (κ2) is 4.85. The van der Waals surface area contributed by atoms with Crippen LogP contribution in [0.5, 0.6) is 0 Å². The number of ether oxygens (including phenoxy) is 1. The summed E-state index contributed by atoms with van der Waals surface area (Å²) in [7, 11) is 0. The Hall–Kier alpha value is -1.55. The second-order valence-electron chi connectivity index (χ2n) is 5.47. The van der Waals surface area contributed by atoms with Gasteiger partial charge in [-0.15, -0.1) is 0 Å². The van der Waals surface area contributed by atoms with E-state index < -0.39 is 0 Å². The molecule has 4 nitrogen and oxygen atoms in total. The summed E-state index contributed by atoms with van der Waals surface area (Å²) < 4.78 is 5.54. The highest BCUT2D eigenvalue weighted by molar-refractivity contribution is 5.96. The smallest absolute Gasteiger partial charge is 0.229 e. The normalized spacial score (nSPS) is 21.7. The zero-order valence-electron chi connectivity index (χ0n) is 11.3. The molecule has 0 saturated carbocycles. The summed E-state index contributed by atoms with van der Waals surface area (Å²) >= 11 is 0. The minimum absolute atomic E-state index is 0.111. The number of hydrogen-bond donors (Lipinski definition) is 1. The molecule has 2 aliphatic rings. The van der Waals surface area contributed by atoms with Gasteiger partial charge in [-0.25, -0.2) is 0 Å². The minimum atomic E-state index is 0.111. The summed E-state index contributed by atoms with van der Waals surface area (Å²) in [5.41, 5.74) is 10.0. The Labute approximate surface area is 113 Å². The molecule has 102 valence electrons. The Morgan fingerprint density at radius 1 is 1.53 bits per heavy atom. The van der Waals surface area contributed by atoms with E-state index in [1.165, 1.54) is 5.56 Å². The molecule has 0 aromatic heterocycles. The van der Waals surface area contributed by atoms with Gasteiger partial charge in [0, 0.05) is 24.5 Å². The van der Waals surface area contributed by atoms with Crippen molar-refractivity contribution in [2.45, 2.75) is 38.7 Å². The SMILES string of the molecule is Cc1cc2c(cc1N)N(C(=O)CC1CCCO1)CC2. The number of nitrogens with zero attached hydrogens (tertiary/aromatic N) is 1. The van der Waals surface area contributed by atoms with Crippen molar-refractivity contribution in [3.05, 3.63) is 23.3 Å². The molecule has 1 fully saturated rings. The average molecular weight is 260 g/mol. The van der Waals surface area contributed by atoms with Gasteiger partial charge < -0.3 is 15.4 Å². The summed E-state index contributed by atoms with van der Waals surface area (Å²) in [6.07, 6.45) is 3.60. The minimum Gasteiger partial charge on any atom is -0.398 e. The summed E-state index contributed by atoms with van der Waals surface area (Å²) in [4.78, 5) is 14.2. The topological polar surface area (TPSA) is 55.6 Å². The average Bonchev–Trinajstić information content (AvgIpc) is 2.99. The van der Waals surface area contributed by atoms with Crippen molar-refractivity contribution in [3.63, 3.8) is 0 Å². The van der Waals surface area contributed by atoms with Gasteiger partial charge in [0.25, 0.3) is 0 Å². The first-order valence-electron chi connectivity index (χ1n) is 6.96. The fraction of sp³-hybridized carbons (Fsp3) is 0.533. The third kappa shape index (κ3) is 2.32. The number of benzene rings is 1. The highest BCUT2D eigenvalue weighted by Gasteiger charge is 2.28. The molecule has 1 aromatic carbocycles. The van der Waals surface area contributed by atoms with E-state index in [0.29, 0.717) is 6.42 Å². The molecule has 1 saturated heterocycles. The van der Waals surface area contributed by atoms with Crippen molar-refractivity contribution < 1.29 is 9.53 Å². The fourth-order valence-corrected chi connectivity index (χ4v) is 2.95. The van der Waals surface area contributed by atoms with Crippen molar-refractivity contribution >= 4 is 17.3 Å². The predicted molar refractivity (Wildman–Crippen MR) is 75.2 cm³/mol. The molecule has 19 heavy (non-hydrogen) atoms. The van der Waals surface area contributed by atoms with Crippen LogP contribution < -0.4 is 10.6 Å².